The molecule has 1 aromatic rings. The number of benzene rings is 1. The predicted molar refractivity (Wildman–Crippen MR) is 46.9 cm³/mol. The van der Waals surface area contributed by atoms with Crippen molar-refractivity contribution in [3.05, 3.63) is 35.1 Å². The summed E-state index contributed by atoms with van der Waals surface area (Å²) in [5.74, 6) is -4.78. The number of esters is 1. The third kappa shape index (κ3) is 2.71. The molecule has 82 valence electrons. The van der Waals surface area contributed by atoms with Crippen LogP contribution in [0.2, 0.25) is 0 Å². The number of carbonyl (C=O) groups is 1. The lowest BCUT2D eigenvalue weighted by atomic mass is 10.2. The zero-order chi connectivity index (χ0) is 11.6. The summed E-state index contributed by atoms with van der Waals surface area (Å²) in [6.45, 7) is 3.13. The lowest BCUT2D eigenvalue weighted by molar-refractivity contribution is 0.0372. The van der Waals surface area contributed by atoms with Crippen LogP contribution in [0.15, 0.2) is 12.1 Å². The summed E-state index contributed by atoms with van der Waals surface area (Å²) in [4.78, 5) is 11.2. The molecular weight excluding hydrogens is 209 g/mol. The van der Waals surface area contributed by atoms with Crippen molar-refractivity contribution < 1.29 is 22.7 Å². The smallest absolute Gasteiger partial charge is 0.341 e. The molecule has 0 saturated heterocycles. The van der Waals surface area contributed by atoms with Crippen molar-refractivity contribution in [1.29, 1.82) is 0 Å². The minimum atomic E-state index is -1.34. The number of halogens is 3. The fourth-order valence-electron chi connectivity index (χ4n) is 0.957. The van der Waals surface area contributed by atoms with Crippen LogP contribution in [0.4, 0.5) is 13.2 Å². The minimum absolute atomic E-state index is 0.312. The van der Waals surface area contributed by atoms with Crippen molar-refractivity contribution in [2.75, 3.05) is 0 Å². The molecule has 0 aliphatic rings. The normalized spacial score (nSPS) is 10.5. The molecule has 5 heteroatoms. The van der Waals surface area contributed by atoms with Crippen molar-refractivity contribution in [1.82, 2.24) is 0 Å². The molecule has 0 N–H and O–H groups in total. The summed E-state index contributed by atoms with van der Waals surface area (Å²) in [6.07, 6.45) is -0.454. The van der Waals surface area contributed by atoms with Crippen LogP contribution in [0, 0.1) is 17.5 Å². The highest BCUT2D eigenvalue weighted by Gasteiger charge is 2.18. The van der Waals surface area contributed by atoms with Gasteiger partial charge in [-0.2, -0.15) is 0 Å². The van der Waals surface area contributed by atoms with Crippen molar-refractivity contribution in [2.45, 2.75) is 20.0 Å². The lowest BCUT2D eigenvalue weighted by Crippen LogP contribution is -2.13. The Kier molecular flexibility index (Phi) is 3.34. The van der Waals surface area contributed by atoms with E-state index in [0.29, 0.717) is 12.1 Å². The number of ether oxygens (including phenoxy) is 1. The Bertz CT molecular complexity index is 388. The van der Waals surface area contributed by atoms with E-state index in [1.54, 1.807) is 13.8 Å². The fraction of sp³-hybridized carbons (Fsp3) is 0.300. The second-order valence-electron chi connectivity index (χ2n) is 3.20. The molecule has 0 saturated carbocycles. The second kappa shape index (κ2) is 4.33. The molecule has 0 amide bonds. The van der Waals surface area contributed by atoms with E-state index < -0.39 is 35.1 Å². The van der Waals surface area contributed by atoms with Crippen LogP contribution >= 0.6 is 0 Å². The van der Waals surface area contributed by atoms with Gasteiger partial charge in [0.25, 0.3) is 0 Å². The monoisotopic (exact) mass is 218 g/mol. The molecule has 0 aliphatic carbocycles. The molecule has 1 rings (SSSR count). The Balaban J connectivity index is 3.04. The second-order valence-corrected chi connectivity index (χ2v) is 3.20. The van der Waals surface area contributed by atoms with Crippen molar-refractivity contribution in [2.24, 2.45) is 0 Å². The average molecular weight is 218 g/mol. The zero-order valence-electron chi connectivity index (χ0n) is 8.18. The largest absolute Gasteiger partial charge is 0.459 e. The topological polar surface area (TPSA) is 26.3 Å². The number of hydrogen-bond acceptors (Lipinski definition) is 2. The van der Waals surface area contributed by atoms with Gasteiger partial charge >= 0.3 is 5.97 Å². The van der Waals surface area contributed by atoms with Crippen molar-refractivity contribution >= 4 is 5.97 Å². The molecule has 15 heavy (non-hydrogen) atoms. The van der Waals surface area contributed by atoms with Crippen LogP contribution in [-0.2, 0) is 4.74 Å². The zero-order valence-corrected chi connectivity index (χ0v) is 8.18. The van der Waals surface area contributed by atoms with E-state index in [1.165, 1.54) is 0 Å². The standard InChI is InChI=1S/C10H9F3O2/c1-5(2)15-10(14)6-3-8(12)9(13)4-7(6)11/h3-5H,1-2H3. The highest BCUT2D eigenvalue weighted by atomic mass is 19.2. The van der Waals surface area contributed by atoms with E-state index in [2.05, 4.69) is 4.74 Å². The van der Waals surface area contributed by atoms with Gasteiger partial charge in [0.05, 0.1) is 11.7 Å². The Labute approximate surface area is 84.7 Å². The highest BCUT2D eigenvalue weighted by molar-refractivity contribution is 5.89. The maximum Gasteiger partial charge on any atom is 0.341 e. The summed E-state index contributed by atoms with van der Waals surface area (Å²) in [6, 6.07) is 0.793. The Hall–Kier alpha value is -1.52. The van der Waals surface area contributed by atoms with E-state index >= 15 is 0 Å². The van der Waals surface area contributed by atoms with Gasteiger partial charge in [-0.25, -0.2) is 18.0 Å². The van der Waals surface area contributed by atoms with Crippen LogP contribution in [0.3, 0.4) is 0 Å². The molecule has 0 bridgehead atoms. The lowest BCUT2D eigenvalue weighted by Gasteiger charge is -2.08. The molecule has 0 heterocycles. The van der Waals surface area contributed by atoms with E-state index in [4.69, 9.17) is 0 Å². The van der Waals surface area contributed by atoms with Gasteiger partial charge in [0.1, 0.15) is 5.82 Å². The van der Waals surface area contributed by atoms with E-state index in [0.717, 1.165) is 0 Å². The molecule has 0 aromatic heterocycles. The number of hydrogen-bond donors (Lipinski definition) is 0. The van der Waals surface area contributed by atoms with Gasteiger partial charge in [-0.15, -0.1) is 0 Å². The highest BCUT2D eigenvalue weighted by Crippen LogP contribution is 2.15. The van der Waals surface area contributed by atoms with Crippen LogP contribution in [0.5, 0.6) is 0 Å². The Morgan fingerprint density at radius 2 is 1.67 bits per heavy atom. The van der Waals surface area contributed by atoms with Crippen LogP contribution in [-0.4, -0.2) is 12.1 Å². The van der Waals surface area contributed by atoms with Crippen molar-refractivity contribution in [3.63, 3.8) is 0 Å². The molecule has 0 radical (unpaired) electrons. The van der Waals surface area contributed by atoms with Crippen molar-refractivity contribution in [3.8, 4) is 0 Å². The maximum absolute atomic E-state index is 13.0. The van der Waals surface area contributed by atoms with Gasteiger partial charge in [-0.3, -0.25) is 0 Å². The first-order valence-electron chi connectivity index (χ1n) is 4.27. The van der Waals surface area contributed by atoms with Gasteiger partial charge in [0, 0.05) is 6.07 Å². The number of carbonyl (C=O) groups excluding carboxylic acids is 1. The van der Waals surface area contributed by atoms with Crippen LogP contribution < -0.4 is 0 Å². The summed E-state index contributed by atoms with van der Waals surface area (Å²) in [5, 5.41) is 0. The van der Waals surface area contributed by atoms with Gasteiger partial charge in [0.2, 0.25) is 0 Å². The summed E-state index contributed by atoms with van der Waals surface area (Å²) >= 11 is 0. The minimum Gasteiger partial charge on any atom is -0.459 e. The third-order valence-electron chi connectivity index (χ3n) is 1.57. The van der Waals surface area contributed by atoms with Crippen LogP contribution in [0.1, 0.15) is 24.2 Å². The first-order valence-corrected chi connectivity index (χ1v) is 4.27. The Morgan fingerprint density at radius 3 is 2.20 bits per heavy atom. The average Bonchev–Trinajstić information content (AvgIpc) is 2.09. The molecule has 0 atom stereocenters. The first kappa shape index (κ1) is 11.6. The molecule has 0 aliphatic heterocycles. The Morgan fingerprint density at radius 1 is 1.13 bits per heavy atom. The van der Waals surface area contributed by atoms with Gasteiger partial charge in [-0.1, -0.05) is 0 Å². The van der Waals surface area contributed by atoms with Gasteiger partial charge in [0.15, 0.2) is 11.6 Å². The van der Waals surface area contributed by atoms with E-state index in [1.807, 2.05) is 0 Å². The first-order chi connectivity index (χ1) is 6.91. The molecule has 1 aromatic carbocycles. The number of rotatable bonds is 2. The molecule has 0 fully saturated rings. The predicted octanol–water partition coefficient (Wildman–Crippen LogP) is 2.67. The summed E-state index contributed by atoms with van der Waals surface area (Å²) in [7, 11) is 0. The van der Waals surface area contributed by atoms with Gasteiger partial charge < -0.3 is 4.74 Å². The third-order valence-corrected chi connectivity index (χ3v) is 1.57. The fourth-order valence-corrected chi connectivity index (χ4v) is 0.957. The summed E-state index contributed by atoms with van der Waals surface area (Å²) in [5.41, 5.74) is -0.609. The van der Waals surface area contributed by atoms with E-state index in [9.17, 15) is 18.0 Å². The van der Waals surface area contributed by atoms with Gasteiger partial charge in [-0.05, 0) is 19.9 Å². The molecule has 0 spiro atoms. The van der Waals surface area contributed by atoms with Crippen LogP contribution in [0.25, 0.3) is 0 Å². The maximum atomic E-state index is 13.0. The molecule has 0 unspecified atom stereocenters. The van der Waals surface area contributed by atoms with E-state index in [-0.39, 0.29) is 0 Å². The SMILES string of the molecule is CC(C)OC(=O)c1cc(F)c(F)cc1F. The summed E-state index contributed by atoms with van der Waals surface area (Å²) < 4.78 is 42.9. The quantitative estimate of drug-likeness (QED) is 0.563. The molecule has 2 nitrogen and oxygen atoms in total. The molecular formula is C10H9F3O2.